The summed E-state index contributed by atoms with van der Waals surface area (Å²) in [7, 11) is 0. The molecular formula is C17H18F3N5O5. The van der Waals surface area contributed by atoms with E-state index in [4.69, 9.17) is 4.74 Å². The topological polar surface area (TPSA) is 121 Å². The first-order valence-corrected chi connectivity index (χ1v) is 8.80. The summed E-state index contributed by atoms with van der Waals surface area (Å²) in [4.78, 5) is 26.0. The van der Waals surface area contributed by atoms with Gasteiger partial charge in [0.25, 0.3) is 0 Å². The molecule has 0 fully saturated rings. The van der Waals surface area contributed by atoms with Gasteiger partial charge in [0, 0.05) is 24.5 Å². The number of nitrogens with one attached hydrogen (secondary N) is 2. The summed E-state index contributed by atoms with van der Waals surface area (Å²) >= 11 is 0. The molecule has 2 N–H and O–H groups in total. The number of halogens is 3. The summed E-state index contributed by atoms with van der Waals surface area (Å²) in [5, 5.41) is 16.0. The molecule has 10 nitrogen and oxygen atoms in total. The maximum atomic E-state index is 12.2. The largest absolute Gasteiger partial charge is 0.573 e. The van der Waals surface area contributed by atoms with E-state index in [-0.39, 0.29) is 30.7 Å². The molecule has 0 saturated carbocycles. The maximum Gasteiger partial charge on any atom is 0.573 e. The minimum atomic E-state index is -4.76. The Morgan fingerprint density at radius 2 is 2.07 bits per heavy atom. The number of aromatic nitrogens is 2. The van der Waals surface area contributed by atoms with Crippen LogP contribution in [0.3, 0.4) is 0 Å². The van der Waals surface area contributed by atoms with Crippen molar-refractivity contribution in [3.63, 3.8) is 0 Å². The van der Waals surface area contributed by atoms with Crippen molar-refractivity contribution in [1.29, 1.82) is 0 Å². The van der Waals surface area contributed by atoms with Crippen molar-refractivity contribution in [1.82, 2.24) is 20.2 Å². The van der Waals surface area contributed by atoms with Crippen LogP contribution in [0.2, 0.25) is 0 Å². The number of carbonyl (C=O) groups excluding carboxylic acids is 1. The molecule has 0 saturated heterocycles. The molecule has 0 spiro atoms. The van der Waals surface area contributed by atoms with Crippen LogP contribution < -0.4 is 20.1 Å². The van der Waals surface area contributed by atoms with Gasteiger partial charge in [-0.1, -0.05) is 12.1 Å². The fraction of sp³-hybridized carbons (Fsp3) is 0.412. The molecule has 1 atom stereocenters. The van der Waals surface area contributed by atoms with Crippen LogP contribution in [0, 0.1) is 10.1 Å². The molecular weight excluding hydrogens is 411 g/mol. The lowest BCUT2D eigenvalue weighted by molar-refractivity contribution is -0.389. The molecule has 0 bridgehead atoms. The summed E-state index contributed by atoms with van der Waals surface area (Å²) in [6.07, 6.45) is -2.98. The number of hydrogen-bond donors (Lipinski definition) is 2. The van der Waals surface area contributed by atoms with E-state index in [1.807, 2.05) is 0 Å². The third kappa shape index (κ3) is 5.52. The number of aryl methyl sites for hydroxylation is 1. The molecule has 1 aliphatic rings. The summed E-state index contributed by atoms with van der Waals surface area (Å²) < 4.78 is 47.5. The van der Waals surface area contributed by atoms with Crippen LogP contribution in [0.5, 0.6) is 11.8 Å². The minimum absolute atomic E-state index is 0.0896. The Bertz CT molecular complexity index is 931. The van der Waals surface area contributed by atoms with Crippen LogP contribution in [0.4, 0.5) is 23.8 Å². The molecule has 1 aliphatic heterocycles. The number of hydrogen-bond acceptors (Lipinski definition) is 6. The standard InChI is InChI=1S/C17H18F3N5O5/c1-16(6-7-24-9-13(25(27)28)23-15(24)30-16)10-22-14(26)21-8-11-2-4-12(5-3-11)29-17(18,19)20/h2-5,9H,6-8,10H2,1H3,(H2,21,22,26). The Hall–Kier alpha value is -3.51. The van der Waals surface area contributed by atoms with Crippen LogP contribution >= 0.6 is 0 Å². The number of nitrogens with zero attached hydrogens (tertiary/aromatic N) is 3. The summed E-state index contributed by atoms with van der Waals surface area (Å²) in [6.45, 7) is 2.41. The van der Waals surface area contributed by atoms with E-state index in [1.165, 1.54) is 22.9 Å². The lowest BCUT2D eigenvalue weighted by Gasteiger charge is -2.32. The Morgan fingerprint density at radius 3 is 2.70 bits per heavy atom. The quantitative estimate of drug-likeness (QED) is 0.538. The van der Waals surface area contributed by atoms with Crippen molar-refractivity contribution in [3.8, 4) is 11.8 Å². The number of benzene rings is 1. The van der Waals surface area contributed by atoms with E-state index < -0.39 is 22.9 Å². The summed E-state index contributed by atoms with van der Waals surface area (Å²) in [6, 6.07) is 4.72. The highest BCUT2D eigenvalue weighted by Crippen LogP contribution is 2.29. The van der Waals surface area contributed by atoms with Gasteiger partial charge in [0.2, 0.25) is 0 Å². The number of rotatable bonds is 6. The fourth-order valence-electron chi connectivity index (χ4n) is 2.79. The highest BCUT2D eigenvalue weighted by Gasteiger charge is 2.37. The molecule has 2 aromatic rings. The van der Waals surface area contributed by atoms with Crippen LogP contribution in [0.1, 0.15) is 18.9 Å². The first-order chi connectivity index (χ1) is 14.0. The Labute approximate surface area is 168 Å². The second kappa shape index (κ2) is 8.08. The van der Waals surface area contributed by atoms with E-state index in [1.54, 1.807) is 6.92 Å². The number of ether oxygens (including phenoxy) is 2. The molecule has 30 heavy (non-hydrogen) atoms. The SMILES string of the molecule is CC1(CNC(=O)NCc2ccc(OC(F)(F)F)cc2)CCn2cc([N+](=O)[O-])nc2O1. The third-order valence-electron chi connectivity index (χ3n) is 4.37. The van der Waals surface area contributed by atoms with Crippen LogP contribution in [0.25, 0.3) is 0 Å². The van der Waals surface area contributed by atoms with Gasteiger partial charge in [-0.05, 0) is 29.5 Å². The van der Waals surface area contributed by atoms with Gasteiger partial charge >= 0.3 is 24.2 Å². The van der Waals surface area contributed by atoms with Gasteiger partial charge in [0.1, 0.15) is 17.5 Å². The van der Waals surface area contributed by atoms with Crippen molar-refractivity contribution in [2.75, 3.05) is 6.54 Å². The first kappa shape index (κ1) is 21.2. The number of fused-ring (bicyclic) bond motifs is 1. The van der Waals surface area contributed by atoms with Crippen molar-refractivity contribution in [2.24, 2.45) is 0 Å². The number of alkyl halides is 3. The Kier molecular flexibility index (Phi) is 5.71. The number of nitro groups is 1. The van der Waals surface area contributed by atoms with E-state index in [9.17, 15) is 28.1 Å². The predicted octanol–water partition coefficient (Wildman–Crippen LogP) is 2.73. The zero-order valence-electron chi connectivity index (χ0n) is 15.7. The Balaban J connectivity index is 1.47. The van der Waals surface area contributed by atoms with Gasteiger partial charge in [-0.2, -0.15) is 0 Å². The molecule has 3 rings (SSSR count). The molecule has 0 radical (unpaired) electrons. The zero-order valence-corrected chi connectivity index (χ0v) is 15.7. The summed E-state index contributed by atoms with van der Waals surface area (Å²) in [5.74, 6) is -0.664. The smallest absolute Gasteiger partial charge is 0.438 e. The molecule has 2 heterocycles. The minimum Gasteiger partial charge on any atom is -0.438 e. The molecule has 1 aromatic heterocycles. The van der Waals surface area contributed by atoms with Gasteiger partial charge in [-0.3, -0.25) is 4.57 Å². The van der Waals surface area contributed by atoms with Crippen LogP contribution in [-0.2, 0) is 13.1 Å². The fourth-order valence-corrected chi connectivity index (χ4v) is 2.79. The maximum absolute atomic E-state index is 12.2. The number of urea groups is 1. The van der Waals surface area contributed by atoms with Crippen molar-refractivity contribution >= 4 is 11.8 Å². The number of amides is 2. The monoisotopic (exact) mass is 429 g/mol. The lowest BCUT2D eigenvalue weighted by atomic mass is 10.0. The normalized spacial score (nSPS) is 18.1. The third-order valence-corrected chi connectivity index (χ3v) is 4.37. The highest BCUT2D eigenvalue weighted by atomic mass is 19.4. The molecule has 162 valence electrons. The molecule has 0 aliphatic carbocycles. The first-order valence-electron chi connectivity index (χ1n) is 8.80. The molecule has 1 unspecified atom stereocenters. The zero-order chi connectivity index (χ0) is 21.9. The van der Waals surface area contributed by atoms with Crippen molar-refractivity contribution in [3.05, 3.63) is 46.1 Å². The van der Waals surface area contributed by atoms with Gasteiger partial charge in [0.05, 0.1) is 6.54 Å². The van der Waals surface area contributed by atoms with Crippen LogP contribution in [0.15, 0.2) is 30.5 Å². The van der Waals surface area contributed by atoms with Crippen molar-refractivity contribution in [2.45, 2.75) is 38.4 Å². The average molecular weight is 429 g/mol. The number of carbonyl (C=O) groups is 1. The van der Waals surface area contributed by atoms with Crippen molar-refractivity contribution < 1.29 is 32.4 Å². The predicted molar refractivity (Wildman–Crippen MR) is 95.9 cm³/mol. The van der Waals surface area contributed by atoms with Crippen LogP contribution in [-0.4, -0.2) is 39.0 Å². The van der Waals surface area contributed by atoms with Gasteiger partial charge in [-0.15, -0.1) is 13.2 Å². The number of imidazole rings is 1. The van der Waals surface area contributed by atoms with Gasteiger partial charge < -0.3 is 30.2 Å². The molecule has 13 heteroatoms. The van der Waals surface area contributed by atoms with Gasteiger partial charge in [0.15, 0.2) is 0 Å². The van der Waals surface area contributed by atoms with E-state index in [0.29, 0.717) is 18.5 Å². The van der Waals surface area contributed by atoms with Gasteiger partial charge in [-0.25, -0.2) is 4.79 Å². The van der Waals surface area contributed by atoms with E-state index >= 15 is 0 Å². The summed E-state index contributed by atoms with van der Waals surface area (Å²) in [5.41, 5.74) is -0.225. The van der Waals surface area contributed by atoms with E-state index in [2.05, 4.69) is 20.4 Å². The van der Waals surface area contributed by atoms with E-state index in [0.717, 1.165) is 12.1 Å². The Morgan fingerprint density at radius 1 is 1.37 bits per heavy atom. The second-order valence-electron chi connectivity index (χ2n) is 6.86. The molecule has 1 aromatic carbocycles. The lowest BCUT2D eigenvalue weighted by Crippen LogP contribution is -2.50. The second-order valence-corrected chi connectivity index (χ2v) is 6.86. The molecule has 2 amide bonds. The highest BCUT2D eigenvalue weighted by molar-refractivity contribution is 5.73. The average Bonchev–Trinajstić information content (AvgIpc) is 3.08.